The third kappa shape index (κ3) is 3.17. The Kier molecular flexibility index (Phi) is 3.99. The summed E-state index contributed by atoms with van der Waals surface area (Å²) in [6.45, 7) is 1.98. The number of anilines is 1. The number of nitrogens with two attached hydrogens (primary N) is 1. The van der Waals surface area contributed by atoms with Crippen LogP contribution in [0.25, 0.3) is 10.9 Å². The average molecular weight is 311 g/mol. The zero-order valence-electron chi connectivity index (χ0n) is 12.6. The van der Waals surface area contributed by atoms with Gasteiger partial charge in [0.2, 0.25) is 0 Å². The molecule has 1 aromatic heterocycles. The Morgan fingerprint density at radius 2 is 2.04 bits per heavy atom. The second-order valence-electron chi connectivity index (χ2n) is 5.35. The monoisotopic (exact) mass is 311 g/mol. The topological polar surface area (TPSA) is 90.4 Å². The number of hydrogen-bond donors (Lipinski definition) is 2. The molecule has 0 saturated heterocycles. The molecule has 3 rings (SSSR count). The molecule has 0 saturated carbocycles. The van der Waals surface area contributed by atoms with Crippen LogP contribution in [0, 0.1) is 0 Å². The van der Waals surface area contributed by atoms with Crippen LogP contribution in [0.2, 0.25) is 0 Å². The molecule has 0 fully saturated rings. The Morgan fingerprint density at radius 1 is 1.30 bits per heavy atom. The van der Waals surface area contributed by atoms with E-state index in [-0.39, 0.29) is 0 Å². The summed E-state index contributed by atoms with van der Waals surface area (Å²) >= 11 is 0. The number of nitrogen functional groups attached to an aromatic ring is 1. The summed E-state index contributed by atoms with van der Waals surface area (Å²) in [7, 11) is 0. The van der Waals surface area contributed by atoms with E-state index in [0.29, 0.717) is 29.2 Å². The first-order valence-corrected chi connectivity index (χ1v) is 7.26. The number of nitrogens with zero attached hydrogens (tertiary/aromatic N) is 2. The van der Waals surface area contributed by atoms with Gasteiger partial charge in [0.15, 0.2) is 5.82 Å². The van der Waals surface area contributed by atoms with Gasteiger partial charge in [-0.05, 0) is 31.2 Å². The van der Waals surface area contributed by atoms with E-state index in [0.717, 1.165) is 5.39 Å². The van der Waals surface area contributed by atoms with Crippen molar-refractivity contribution in [2.75, 3.05) is 5.73 Å². The van der Waals surface area contributed by atoms with Crippen LogP contribution in [-0.2, 0) is 6.54 Å². The number of aromatic nitrogens is 2. The Labute approximate surface area is 133 Å². The summed E-state index contributed by atoms with van der Waals surface area (Å²) < 4.78 is 7.00. The van der Waals surface area contributed by atoms with Crippen molar-refractivity contribution in [1.82, 2.24) is 9.78 Å². The summed E-state index contributed by atoms with van der Waals surface area (Å²) in [5.41, 5.74) is 7.06. The van der Waals surface area contributed by atoms with Crippen LogP contribution in [0.1, 0.15) is 17.3 Å². The zero-order chi connectivity index (χ0) is 16.4. The normalized spacial score (nSPS) is 12.3. The van der Waals surface area contributed by atoms with Gasteiger partial charge in [-0.25, -0.2) is 4.79 Å². The third-order valence-electron chi connectivity index (χ3n) is 3.41. The molecule has 0 aliphatic carbocycles. The van der Waals surface area contributed by atoms with Crippen molar-refractivity contribution in [1.29, 1.82) is 0 Å². The van der Waals surface area contributed by atoms with E-state index in [1.165, 1.54) is 0 Å². The number of hydrogen-bond acceptors (Lipinski definition) is 5. The van der Waals surface area contributed by atoms with Crippen molar-refractivity contribution in [2.24, 2.45) is 0 Å². The first-order valence-electron chi connectivity index (χ1n) is 7.26. The smallest absolute Gasteiger partial charge is 0.343 e. The van der Waals surface area contributed by atoms with E-state index in [2.05, 4.69) is 5.10 Å². The Morgan fingerprint density at radius 3 is 2.74 bits per heavy atom. The Bertz CT molecular complexity index is 841. The zero-order valence-corrected chi connectivity index (χ0v) is 12.6. The van der Waals surface area contributed by atoms with Gasteiger partial charge in [-0.3, -0.25) is 4.68 Å². The molecule has 0 amide bonds. The van der Waals surface area contributed by atoms with Crippen molar-refractivity contribution in [2.45, 2.75) is 19.6 Å². The molecule has 1 atom stereocenters. The molecule has 23 heavy (non-hydrogen) atoms. The lowest BCUT2D eigenvalue weighted by Gasteiger charge is -2.07. The Balaban J connectivity index is 1.91. The summed E-state index contributed by atoms with van der Waals surface area (Å²) in [4.78, 5) is 12.1. The van der Waals surface area contributed by atoms with Gasteiger partial charge in [0.25, 0.3) is 0 Å². The van der Waals surface area contributed by atoms with Crippen LogP contribution in [0.4, 0.5) is 5.82 Å². The Hall–Kier alpha value is -2.86. The number of carbonyl (C=O) groups is 1. The highest BCUT2D eigenvalue weighted by Crippen LogP contribution is 2.26. The number of ether oxygens (including phenoxy) is 1. The summed E-state index contributed by atoms with van der Waals surface area (Å²) in [5, 5.41) is 14.5. The molecular formula is C17H17N3O3. The van der Waals surface area contributed by atoms with Crippen LogP contribution in [0.5, 0.6) is 5.75 Å². The number of rotatable bonds is 4. The van der Waals surface area contributed by atoms with Crippen LogP contribution >= 0.6 is 0 Å². The predicted octanol–water partition coefficient (Wildman–Crippen LogP) is 2.22. The predicted molar refractivity (Wildman–Crippen MR) is 87.2 cm³/mol. The van der Waals surface area contributed by atoms with Gasteiger partial charge in [-0.2, -0.15) is 5.10 Å². The van der Waals surface area contributed by atoms with E-state index >= 15 is 0 Å². The molecule has 0 unspecified atom stereocenters. The molecule has 3 N–H and O–H groups in total. The van der Waals surface area contributed by atoms with Gasteiger partial charge in [-0.1, -0.05) is 18.2 Å². The van der Waals surface area contributed by atoms with Crippen molar-refractivity contribution in [3.05, 3.63) is 54.1 Å². The van der Waals surface area contributed by atoms with Gasteiger partial charge in [-0.15, -0.1) is 0 Å². The fourth-order valence-corrected chi connectivity index (χ4v) is 2.37. The van der Waals surface area contributed by atoms with Crippen molar-refractivity contribution < 1.29 is 14.6 Å². The molecule has 6 heteroatoms. The van der Waals surface area contributed by atoms with Crippen LogP contribution in [0.15, 0.2) is 48.5 Å². The maximum absolute atomic E-state index is 12.1. The molecule has 6 nitrogen and oxygen atoms in total. The molecule has 0 aliphatic heterocycles. The maximum atomic E-state index is 12.1. The molecule has 0 aliphatic rings. The standard InChI is InChI=1S/C17H17N3O3/c1-11(21)10-20-15-9-13(7-8-14(15)16(18)19-20)23-17(22)12-5-3-2-4-6-12/h2-9,11,21H,10H2,1H3,(H2,18,19)/t11-/m1/s1. The van der Waals surface area contributed by atoms with Crippen LogP contribution < -0.4 is 10.5 Å². The van der Waals surface area contributed by atoms with Crippen LogP contribution in [-0.4, -0.2) is 27.0 Å². The molecule has 0 radical (unpaired) electrons. The minimum Gasteiger partial charge on any atom is -0.423 e. The molecule has 0 spiro atoms. The maximum Gasteiger partial charge on any atom is 0.343 e. The van der Waals surface area contributed by atoms with Crippen molar-refractivity contribution in [3.63, 3.8) is 0 Å². The van der Waals surface area contributed by atoms with E-state index in [1.807, 2.05) is 6.07 Å². The number of benzene rings is 2. The molecule has 3 aromatic rings. The number of fused-ring (bicyclic) bond motifs is 1. The number of aliphatic hydroxyl groups excluding tert-OH is 1. The van der Waals surface area contributed by atoms with Gasteiger partial charge in [0.1, 0.15) is 5.75 Å². The highest BCUT2D eigenvalue weighted by atomic mass is 16.5. The quantitative estimate of drug-likeness (QED) is 0.569. The summed E-state index contributed by atoms with van der Waals surface area (Å²) in [6, 6.07) is 13.9. The minimum atomic E-state index is -0.562. The molecule has 0 bridgehead atoms. The van der Waals surface area contributed by atoms with Crippen LogP contribution in [0.3, 0.4) is 0 Å². The van der Waals surface area contributed by atoms with Gasteiger partial charge < -0.3 is 15.6 Å². The molecule has 118 valence electrons. The summed E-state index contributed by atoms with van der Waals surface area (Å²) in [5.74, 6) is 0.346. The SMILES string of the molecule is C[C@@H](O)Cn1nc(N)c2ccc(OC(=O)c3ccccc3)cc21. The van der Waals surface area contributed by atoms with E-state index in [9.17, 15) is 9.90 Å². The lowest BCUT2D eigenvalue weighted by Crippen LogP contribution is -2.13. The highest BCUT2D eigenvalue weighted by Gasteiger charge is 2.13. The second-order valence-corrected chi connectivity index (χ2v) is 5.35. The number of carbonyl (C=O) groups excluding carboxylic acids is 1. The molecule has 1 heterocycles. The lowest BCUT2D eigenvalue weighted by molar-refractivity contribution is 0.0735. The van der Waals surface area contributed by atoms with Crippen molar-refractivity contribution >= 4 is 22.7 Å². The summed E-state index contributed by atoms with van der Waals surface area (Å²) in [6.07, 6.45) is -0.562. The molecule has 2 aromatic carbocycles. The van der Waals surface area contributed by atoms with E-state index < -0.39 is 12.1 Å². The molecular weight excluding hydrogens is 294 g/mol. The largest absolute Gasteiger partial charge is 0.423 e. The second kappa shape index (κ2) is 6.10. The first-order chi connectivity index (χ1) is 11.0. The van der Waals surface area contributed by atoms with E-state index in [4.69, 9.17) is 10.5 Å². The number of esters is 1. The fourth-order valence-electron chi connectivity index (χ4n) is 2.37. The van der Waals surface area contributed by atoms with E-state index in [1.54, 1.807) is 54.1 Å². The van der Waals surface area contributed by atoms with Crippen molar-refractivity contribution in [3.8, 4) is 5.75 Å². The first kappa shape index (κ1) is 15.1. The minimum absolute atomic E-state index is 0.309. The van der Waals surface area contributed by atoms with Gasteiger partial charge in [0.05, 0.1) is 23.7 Å². The van der Waals surface area contributed by atoms with Gasteiger partial charge >= 0.3 is 5.97 Å². The fraction of sp³-hybridized carbons (Fsp3) is 0.176. The highest BCUT2D eigenvalue weighted by molar-refractivity contribution is 5.93. The van der Waals surface area contributed by atoms with Gasteiger partial charge in [0, 0.05) is 11.5 Å². The third-order valence-corrected chi connectivity index (χ3v) is 3.41. The number of aliphatic hydroxyl groups is 1. The average Bonchev–Trinajstić information content (AvgIpc) is 2.83. The lowest BCUT2D eigenvalue weighted by atomic mass is 10.2.